The molecule has 16 heavy (non-hydrogen) atoms. The molecule has 1 aliphatic heterocycles. The van der Waals surface area contributed by atoms with Crippen LogP contribution in [-0.2, 0) is 5.41 Å². The van der Waals surface area contributed by atoms with E-state index in [0.29, 0.717) is 0 Å². The molecule has 1 aliphatic carbocycles. The summed E-state index contributed by atoms with van der Waals surface area (Å²) in [5, 5.41) is 0.754. The number of hydrogen-bond acceptors (Lipinski definition) is 3. The van der Waals surface area contributed by atoms with Gasteiger partial charge in [-0.2, -0.15) is 0 Å². The van der Waals surface area contributed by atoms with Gasteiger partial charge >= 0.3 is 0 Å². The molecule has 0 radical (unpaired) electrons. The van der Waals surface area contributed by atoms with E-state index in [4.69, 9.17) is 5.73 Å². The van der Waals surface area contributed by atoms with Gasteiger partial charge in [-0.1, -0.05) is 42.1 Å². The maximum atomic E-state index is 5.83. The SMILES string of the molecule is CC1(C2(c3ccccc3)CC2)CSC(N)=N1. The average molecular weight is 232 g/mol. The van der Waals surface area contributed by atoms with Crippen LogP contribution in [0.15, 0.2) is 35.3 Å². The minimum absolute atomic E-state index is 0.00308. The summed E-state index contributed by atoms with van der Waals surface area (Å²) >= 11 is 1.69. The zero-order chi connectivity index (χ0) is 11.2. The van der Waals surface area contributed by atoms with Crippen molar-refractivity contribution in [2.45, 2.75) is 30.7 Å². The van der Waals surface area contributed by atoms with E-state index in [9.17, 15) is 0 Å². The van der Waals surface area contributed by atoms with E-state index in [1.165, 1.54) is 18.4 Å². The summed E-state index contributed by atoms with van der Waals surface area (Å²) in [6.45, 7) is 2.25. The first-order valence-corrected chi connectivity index (χ1v) is 6.69. The maximum Gasteiger partial charge on any atom is 0.154 e. The topological polar surface area (TPSA) is 38.4 Å². The fourth-order valence-electron chi connectivity index (χ4n) is 2.79. The van der Waals surface area contributed by atoms with E-state index in [0.717, 1.165) is 10.9 Å². The number of thioether (sulfide) groups is 1. The summed E-state index contributed by atoms with van der Waals surface area (Å²) in [6.07, 6.45) is 2.48. The van der Waals surface area contributed by atoms with Crippen LogP contribution in [0.5, 0.6) is 0 Å². The van der Waals surface area contributed by atoms with Crippen molar-refractivity contribution < 1.29 is 0 Å². The van der Waals surface area contributed by atoms with Crippen LogP contribution in [0.25, 0.3) is 0 Å². The Balaban J connectivity index is 2.01. The lowest BCUT2D eigenvalue weighted by Gasteiger charge is -2.31. The molecule has 1 unspecified atom stereocenters. The van der Waals surface area contributed by atoms with E-state index >= 15 is 0 Å². The third-order valence-corrected chi connectivity index (χ3v) is 5.06. The summed E-state index contributed by atoms with van der Waals surface area (Å²) in [5.41, 5.74) is 7.51. The molecule has 0 amide bonds. The summed E-state index contributed by atoms with van der Waals surface area (Å²) < 4.78 is 0. The van der Waals surface area contributed by atoms with Gasteiger partial charge in [0.2, 0.25) is 0 Å². The lowest BCUT2D eigenvalue weighted by molar-refractivity contribution is 0.408. The Hall–Kier alpha value is -0.960. The van der Waals surface area contributed by atoms with Crippen LogP contribution in [0.4, 0.5) is 0 Å². The average Bonchev–Trinajstić information content (AvgIpc) is 3.04. The molecule has 1 fully saturated rings. The highest BCUT2D eigenvalue weighted by atomic mass is 32.2. The first-order chi connectivity index (χ1) is 7.66. The smallest absolute Gasteiger partial charge is 0.154 e. The minimum atomic E-state index is 0.00308. The van der Waals surface area contributed by atoms with E-state index in [1.54, 1.807) is 11.8 Å². The molecular weight excluding hydrogens is 216 g/mol. The van der Waals surface area contributed by atoms with Crippen molar-refractivity contribution in [1.82, 2.24) is 0 Å². The Morgan fingerprint density at radius 2 is 1.94 bits per heavy atom. The molecule has 0 aromatic heterocycles. The Kier molecular flexibility index (Phi) is 2.08. The van der Waals surface area contributed by atoms with Crippen molar-refractivity contribution in [3.8, 4) is 0 Å². The molecule has 1 aromatic rings. The van der Waals surface area contributed by atoms with Gasteiger partial charge in [-0.3, -0.25) is 4.99 Å². The van der Waals surface area contributed by atoms with Gasteiger partial charge in [0.25, 0.3) is 0 Å². The van der Waals surface area contributed by atoms with Gasteiger partial charge < -0.3 is 5.73 Å². The van der Waals surface area contributed by atoms with E-state index in [2.05, 4.69) is 42.2 Å². The number of aliphatic imine (C=N–C) groups is 1. The standard InChI is InChI=1S/C13H16N2S/c1-12(9-16-11(14)15-12)13(7-8-13)10-5-3-2-4-6-10/h2-6H,7-9H2,1H3,(H2,14,15). The third kappa shape index (κ3) is 1.31. The molecule has 0 saturated heterocycles. The predicted molar refractivity (Wildman–Crippen MR) is 69.8 cm³/mol. The summed E-state index contributed by atoms with van der Waals surface area (Å²) in [6, 6.07) is 10.8. The second-order valence-corrected chi connectivity index (χ2v) is 5.96. The van der Waals surface area contributed by atoms with Crippen molar-refractivity contribution in [2.75, 3.05) is 5.75 Å². The van der Waals surface area contributed by atoms with Crippen LogP contribution in [0.2, 0.25) is 0 Å². The molecule has 1 heterocycles. The Morgan fingerprint density at radius 3 is 2.44 bits per heavy atom. The van der Waals surface area contributed by atoms with Crippen molar-refractivity contribution in [1.29, 1.82) is 0 Å². The molecule has 1 aromatic carbocycles. The highest BCUT2D eigenvalue weighted by molar-refractivity contribution is 8.14. The van der Waals surface area contributed by atoms with E-state index in [-0.39, 0.29) is 11.0 Å². The number of amidine groups is 1. The lowest BCUT2D eigenvalue weighted by atomic mass is 9.79. The Bertz CT molecular complexity index is 437. The number of hydrogen-bond donors (Lipinski definition) is 1. The molecular formula is C13H16N2S. The first kappa shape index (κ1) is 10.2. The molecule has 2 N–H and O–H groups in total. The van der Waals surface area contributed by atoms with Crippen LogP contribution < -0.4 is 5.73 Å². The van der Waals surface area contributed by atoms with Crippen LogP contribution in [-0.4, -0.2) is 16.5 Å². The second kappa shape index (κ2) is 3.27. The fraction of sp³-hybridized carbons (Fsp3) is 0.462. The molecule has 1 atom stereocenters. The quantitative estimate of drug-likeness (QED) is 0.851. The number of nitrogens with two attached hydrogens (primary N) is 1. The molecule has 84 valence electrons. The Morgan fingerprint density at radius 1 is 1.25 bits per heavy atom. The first-order valence-electron chi connectivity index (χ1n) is 5.70. The largest absolute Gasteiger partial charge is 0.379 e. The van der Waals surface area contributed by atoms with Gasteiger partial charge in [0.05, 0.1) is 5.54 Å². The summed E-state index contributed by atoms with van der Waals surface area (Å²) in [5.74, 6) is 1.02. The zero-order valence-corrected chi connectivity index (χ0v) is 10.3. The number of rotatable bonds is 2. The zero-order valence-electron chi connectivity index (χ0n) is 9.44. The molecule has 2 nitrogen and oxygen atoms in total. The van der Waals surface area contributed by atoms with Crippen LogP contribution in [0.3, 0.4) is 0 Å². The van der Waals surface area contributed by atoms with E-state index in [1.807, 2.05) is 0 Å². The monoisotopic (exact) mass is 232 g/mol. The van der Waals surface area contributed by atoms with Crippen LogP contribution in [0.1, 0.15) is 25.3 Å². The van der Waals surface area contributed by atoms with Crippen molar-refractivity contribution >= 4 is 16.9 Å². The molecule has 1 saturated carbocycles. The summed E-state index contributed by atoms with van der Waals surface area (Å²) in [4.78, 5) is 4.69. The highest BCUT2D eigenvalue weighted by Gasteiger charge is 2.59. The number of nitrogens with zero attached hydrogens (tertiary/aromatic N) is 1. The Labute approximate surface area is 100 Å². The minimum Gasteiger partial charge on any atom is -0.379 e. The molecule has 0 spiro atoms. The highest BCUT2D eigenvalue weighted by Crippen LogP contribution is 2.59. The van der Waals surface area contributed by atoms with Gasteiger partial charge in [0.15, 0.2) is 5.17 Å². The van der Waals surface area contributed by atoms with Gasteiger partial charge in [0, 0.05) is 11.2 Å². The van der Waals surface area contributed by atoms with Gasteiger partial charge in [-0.15, -0.1) is 0 Å². The second-order valence-electron chi connectivity index (χ2n) is 4.96. The van der Waals surface area contributed by atoms with Gasteiger partial charge in [-0.05, 0) is 25.3 Å². The molecule has 0 bridgehead atoms. The van der Waals surface area contributed by atoms with Crippen molar-refractivity contribution in [2.24, 2.45) is 10.7 Å². The van der Waals surface area contributed by atoms with E-state index < -0.39 is 0 Å². The van der Waals surface area contributed by atoms with Crippen molar-refractivity contribution in [3.05, 3.63) is 35.9 Å². The van der Waals surface area contributed by atoms with Gasteiger partial charge in [0.1, 0.15) is 0 Å². The molecule has 3 heteroatoms. The van der Waals surface area contributed by atoms with Crippen molar-refractivity contribution in [3.63, 3.8) is 0 Å². The van der Waals surface area contributed by atoms with Crippen LogP contribution in [0, 0.1) is 0 Å². The summed E-state index contributed by atoms with van der Waals surface area (Å²) in [7, 11) is 0. The lowest BCUT2D eigenvalue weighted by Crippen LogP contribution is -2.38. The molecule has 3 rings (SSSR count). The predicted octanol–water partition coefficient (Wildman–Crippen LogP) is 2.54. The third-order valence-electron chi connectivity index (χ3n) is 3.97. The normalized spacial score (nSPS) is 31.2. The van der Waals surface area contributed by atoms with Crippen LogP contribution >= 0.6 is 11.8 Å². The number of benzene rings is 1. The fourth-order valence-corrected chi connectivity index (χ4v) is 3.82. The molecule has 2 aliphatic rings. The van der Waals surface area contributed by atoms with Gasteiger partial charge in [-0.25, -0.2) is 0 Å². The maximum absolute atomic E-state index is 5.83.